The second-order valence-electron chi connectivity index (χ2n) is 6.20. The van der Waals surface area contributed by atoms with Gasteiger partial charge in [-0.2, -0.15) is 0 Å². The summed E-state index contributed by atoms with van der Waals surface area (Å²) in [5.74, 6) is 1.16. The summed E-state index contributed by atoms with van der Waals surface area (Å²) >= 11 is 0. The Bertz CT molecular complexity index is 634. The first-order valence-electron chi connectivity index (χ1n) is 8.00. The lowest BCUT2D eigenvalue weighted by Crippen LogP contribution is -2.36. The molecule has 1 fully saturated rings. The van der Waals surface area contributed by atoms with Gasteiger partial charge in [0.2, 0.25) is 5.88 Å². The third-order valence-electron chi connectivity index (χ3n) is 4.66. The molecule has 22 heavy (non-hydrogen) atoms. The van der Waals surface area contributed by atoms with E-state index >= 15 is 0 Å². The number of benzene rings is 1. The van der Waals surface area contributed by atoms with E-state index in [1.807, 2.05) is 25.1 Å². The lowest BCUT2D eigenvalue weighted by molar-refractivity contribution is 0.0692. The summed E-state index contributed by atoms with van der Waals surface area (Å²) in [5.41, 5.74) is 2.10. The van der Waals surface area contributed by atoms with Gasteiger partial charge in [-0.05, 0) is 50.9 Å². The number of nitrogens with zero attached hydrogens (tertiary/aromatic N) is 2. The molecule has 1 aliphatic heterocycles. The number of para-hydroxylation sites is 1. The summed E-state index contributed by atoms with van der Waals surface area (Å²) < 4.78 is 5.48. The summed E-state index contributed by atoms with van der Waals surface area (Å²) in [7, 11) is 1.68. The highest BCUT2D eigenvalue weighted by atomic mass is 16.5. The van der Waals surface area contributed by atoms with E-state index < -0.39 is 0 Å². The second kappa shape index (κ2) is 6.63. The maximum atomic E-state index is 9.71. The van der Waals surface area contributed by atoms with Crippen LogP contribution in [0.15, 0.2) is 30.3 Å². The molecule has 118 valence electrons. The van der Waals surface area contributed by atoms with Crippen LogP contribution in [0.1, 0.15) is 25.3 Å². The van der Waals surface area contributed by atoms with Crippen LogP contribution in [-0.2, 0) is 6.54 Å². The molecule has 1 aromatic heterocycles. The maximum Gasteiger partial charge on any atom is 0.218 e. The molecule has 0 saturated carbocycles. The van der Waals surface area contributed by atoms with Crippen LogP contribution in [0, 0.1) is 5.92 Å². The number of fused-ring (bicyclic) bond motifs is 1. The Morgan fingerprint density at radius 2 is 2.05 bits per heavy atom. The summed E-state index contributed by atoms with van der Waals surface area (Å²) in [6.45, 7) is 4.79. The van der Waals surface area contributed by atoms with Gasteiger partial charge >= 0.3 is 0 Å². The Hall–Kier alpha value is -1.65. The molecule has 4 heteroatoms. The van der Waals surface area contributed by atoms with Crippen molar-refractivity contribution in [1.29, 1.82) is 0 Å². The first-order valence-corrected chi connectivity index (χ1v) is 8.00. The average molecular weight is 300 g/mol. The highest BCUT2D eigenvalue weighted by molar-refractivity contribution is 5.80. The van der Waals surface area contributed by atoms with E-state index in [1.54, 1.807) is 7.11 Å². The third kappa shape index (κ3) is 3.23. The van der Waals surface area contributed by atoms with Gasteiger partial charge in [0.15, 0.2) is 0 Å². The summed E-state index contributed by atoms with van der Waals surface area (Å²) in [6.07, 6.45) is 1.92. The van der Waals surface area contributed by atoms with Crippen molar-refractivity contribution in [1.82, 2.24) is 9.88 Å². The minimum atomic E-state index is -0.195. The number of aliphatic hydroxyl groups is 1. The van der Waals surface area contributed by atoms with E-state index in [0.717, 1.165) is 54.8 Å². The average Bonchev–Trinajstić information content (AvgIpc) is 2.54. The summed E-state index contributed by atoms with van der Waals surface area (Å²) in [5, 5.41) is 10.9. The lowest BCUT2D eigenvalue weighted by Gasteiger charge is -2.33. The number of rotatable bonds is 4. The van der Waals surface area contributed by atoms with Crippen molar-refractivity contribution < 1.29 is 9.84 Å². The Labute approximate surface area is 131 Å². The molecular formula is C18H24N2O2. The number of piperidine rings is 1. The molecule has 2 aromatic rings. The van der Waals surface area contributed by atoms with E-state index in [2.05, 4.69) is 22.0 Å². The fourth-order valence-electron chi connectivity index (χ4n) is 3.27. The van der Waals surface area contributed by atoms with Gasteiger partial charge in [0.05, 0.1) is 18.7 Å². The summed E-state index contributed by atoms with van der Waals surface area (Å²) in [6, 6.07) is 10.3. The molecule has 0 amide bonds. The Morgan fingerprint density at radius 1 is 1.32 bits per heavy atom. The van der Waals surface area contributed by atoms with Gasteiger partial charge in [-0.15, -0.1) is 0 Å². The Kier molecular flexibility index (Phi) is 4.60. The summed E-state index contributed by atoms with van der Waals surface area (Å²) in [4.78, 5) is 7.04. The number of likely N-dealkylation sites (tertiary alicyclic amines) is 1. The molecule has 0 radical (unpaired) electrons. The first kappa shape index (κ1) is 15.3. The molecule has 1 N–H and O–H groups in total. The van der Waals surface area contributed by atoms with Gasteiger partial charge in [-0.1, -0.05) is 18.2 Å². The van der Waals surface area contributed by atoms with Crippen molar-refractivity contribution >= 4 is 10.9 Å². The number of hydrogen-bond donors (Lipinski definition) is 1. The fraction of sp³-hybridized carbons (Fsp3) is 0.500. The zero-order valence-electron chi connectivity index (χ0n) is 13.3. The third-order valence-corrected chi connectivity index (χ3v) is 4.66. The highest BCUT2D eigenvalue weighted by Gasteiger charge is 2.23. The minimum Gasteiger partial charge on any atom is -0.481 e. The number of pyridine rings is 1. The van der Waals surface area contributed by atoms with Crippen LogP contribution in [-0.4, -0.2) is 41.3 Å². The number of aliphatic hydroxyl groups excluding tert-OH is 1. The molecule has 2 heterocycles. The SMILES string of the molecule is COc1nc2ccccc2cc1CN1CCC(C(C)O)CC1. The molecule has 1 saturated heterocycles. The van der Waals surface area contributed by atoms with E-state index in [9.17, 15) is 5.11 Å². The zero-order chi connectivity index (χ0) is 15.5. The largest absolute Gasteiger partial charge is 0.481 e. The minimum absolute atomic E-state index is 0.195. The van der Waals surface area contributed by atoms with E-state index in [-0.39, 0.29) is 6.10 Å². The molecule has 1 aliphatic rings. The number of ether oxygens (including phenoxy) is 1. The normalized spacial score (nSPS) is 18.5. The van der Waals surface area contributed by atoms with Gasteiger partial charge in [0, 0.05) is 17.5 Å². The van der Waals surface area contributed by atoms with Gasteiger partial charge < -0.3 is 9.84 Å². The quantitative estimate of drug-likeness (QED) is 0.943. The van der Waals surface area contributed by atoms with Crippen molar-refractivity contribution in [3.05, 3.63) is 35.9 Å². The van der Waals surface area contributed by atoms with Crippen molar-refractivity contribution in [2.75, 3.05) is 20.2 Å². The zero-order valence-corrected chi connectivity index (χ0v) is 13.3. The van der Waals surface area contributed by atoms with Crippen LogP contribution in [0.4, 0.5) is 0 Å². The lowest BCUT2D eigenvalue weighted by atomic mass is 9.92. The van der Waals surface area contributed by atoms with Gasteiger partial charge in [0.25, 0.3) is 0 Å². The predicted octanol–water partition coefficient (Wildman–Crippen LogP) is 2.84. The number of methoxy groups -OCH3 is 1. The Morgan fingerprint density at radius 3 is 2.73 bits per heavy atom. The fourth-order valence-corrected chi connectivity index (χ4v) is 3.27. The van der Waals surface area contributed by atoms with E-state index in [4.69, 9.17) is 4.74 Å². The van der Waals surface area contributed by atoms with Gasteiger partial charge in [-0.25, -0.2) is 4.98 Å². The van der Waals surface area contributed by atoms with Crippen molar-refractivity contribution in [2.24, 2.45) is 5.92 Å². The molecule has 0 aliphatic carbocycles. The Balaban J connectivity index is 1.76. The van der Waals surface area contributed by atoms with E-state index in [0.29, 0.717) is 5.92 Å². The topological polar surface area (TPSA) is 45.6 Å². The smallest absolute Gasteiger partial charge is 0.218 e. The first-order chi connectivity index (χ1) is 10.7. The van der Waals surface area contributed by atoms with Gasteiger partial charge in [0.1, 0.15) is 0 Å². The van der Waals surface area contributed by atoms with Crippen molar-refractivity contribution in [3.63, 3.8) is 0 Å². The number of hydrogen-bond acceptors (Lipinski definition) is 4. The van der Waals surface area contributed by atoms with Crippen LogP contribution in [0.25, 0.3) is 10.9 Å². The van der Waals surface area contributed by atoms with Crippen LogP contribution >= 0.6 is 0 Å². The van der Waals surface area contributed by atoms with Crippen LogP contribution in [0.2, 0.25) is 0 Å². The van der Waals surface area contributed by atoms with E-state index in [1.165, 1.54) is 0 Å². The standard InChI is InChI=1S/C18H24N2O2/c1-13(21)14-7-9-20(10-8-14)12-16-11-15-5-3-4-6-17(15)19-18(16)22-2/h3-6,11,13-14,21H,7-10,12H2,1-2H3. The van der Waals surface area contributed by atoms with Crippen molar-refractivity contribution in [3.8, 4) is 5.88 Å². The molecule has 1 atom stereocenters. The van der Waals surface area contributed by atoms with Gasteiger partial charge in [-0.3, -0.25) is 4.90 Å². The van der Waals surface area contributed by atoms with Crippen LogP contribution < -0.4 is 4.74 Å². The monoisotopic (exact) mass is 300 g/mol. The highest BCUT2D eigenvalue weighted by Crippen LogP contribution is 2.26. The molecule has 3 rings (SSSR count). The van der Waals surface area contributed by atoms with Crippen LogP contribution in [0.5, 0.6) is 5.88 Å². The van der Waals surface area contributed by atoms with Crippen molar-refractivity contribution in [2.45, 2.75) is 32.4 Å². The molecular weight excluding hydrogens is 276 g/mol. The molecule has 0 bridgehead atoms. The predicted molar refractivity (Wildman–Crippen MR) is 88.0 cm³/mol. The molecule has 4 nitrogen and oxygen atoms in total. The maximum absolute atomic E-state index is 9.71. The molecule has 1 aromatic carbocycles. The second-order valence-corrected chi connectivity index (χ2v) is 6.20. The molecule has 1 unspecified atom stereocenters. The number of aromatic nitrogens is 1. The van der Waals surface area contributed by atoms with Crippen LogP contribution in [0.3, 0.4) is 0 Å². The molecule has 0 spiro atoms.